The molecule has 0 bridgehead atoms. The molecule has 0 radical (unpaired) electrons. The van der Waals surface area contributed by atoms with E-state index in [9.17, 15) is 9.59 Å². The van der Waals surface area contributed by atoms with E-state index >= 15 is 0 Å². The van der Waals surface area contributed by atoms with Gasteiger partial charge in [0.2, 0.25) is 5.91 Å². The molecule has 2 aromatic carbocycles. The van der Waals surface area contributed by atoms with Gasteiger partial charge in [-0.3, -0.25) is 9.59 Å². The molecule has 0 unspecified atom stereocenters. The van der Waals surface area contributed by atoms with Crippen LogP contribution < -0.4 is 10.1 Å². The number of carbonyl (C=O) groups excluding carboxylic acids is 2. The minimum Gasteiger partial charge on any atom is -0.483 e. The van der Waals surface area contributed by atoms with Crippen molar-refractivity contribution in [1.82, 2.24) is 10.2 Å². The van der Waals surface area contributed by atoms with Crippen molar-refractivity contribution in [3.63, 3.8) is 0 Å². The molecule has 0 saturated carbocycles. The Morgan fingerprint density at radius 3 is 2.33 bits per heavy atom. The van der Waals surface area contributed by atoms with Gasteiger partial charge in [0.05, 0.1) is 0 Å². The highest BCUT2D eigenvalue weighted by atomic mass is 35.5. The average molecular weight is 431 g/mol. The normalized spacial score (nSPS) is 11.8. The summed E-state index contributed by atoms with van der Waals surface area (Å²) in [4.78, 5) is 27.2. The van der Waals surface area contributed by atoms with Gasteiger partial charge in [-0.05, 0) is 56.0 Å². The molecule has 2 rings (SSSR count). The topological polar surface area (TPSA) is 58.6 Å². The number of rotatable bonds is 9. The molecular weight excluding hydrogens is 400 g/mol. The Kier molecular flexibility index (Phi) is 8.72. The van der Waals surface area contributed by atoms with Gasteiger partial charge < -0.3 is 15.0 Å². The minimum absolute atomic E-state index is 0.140. The summed E-state index contributed by atoms with van der Waals surface area (Å²) in [5.41, 5.74) is 2.99. The lowest BCUT2D eigenvalue weighted by Gasteiger charge is -2.29. The molecule has 162 valence electrons. The first-order valence-corrected chi connectivity index (χ1v) is 10.6. The van der Waals surface area contributed by atoms with Crippen molar-refractivity contribution in [1.29, 1.82) is 0 Å². The van der Waals surface area contributed by atoms with Crippen LogP contribution in [0.5, 0.6) is 5.75 Å². The number of amides is 2. The van der Waals surface area contributed by atoms with Gasteiger partial charge in [0.25, 0.3) is 5.91 Å². The number of nitrogens with one attached hydrogen (secondary N) is 1. The molecule has 2 amide bonds. The molecule has 1 N–H and O–H groups in total. The van der Waals surface area contributed by atoms with E-state index in [0.717, 1.165) is 16.7 Å². The molecule has 1 atom stereocenters. The fourth-order valence-electron chi connectivity index (χ4n) is 3.01. The van der Waals surface area contributed by atoms with E-state index in [0.29, 0.717) is 29.8 Å². The third-order valence-electron chi connectivity index (χ3n) is 4.80. The standard InChI is InChI=1S/C24H31ClN2O3/c1-16(2)13-26-24(29)19(5)27(14-20-7-9-21(25)10-8-20)23(28)15-30-22-11-6-17(3)12-18(22)4/h6-12,16,19H,13-15H2,1-5H3,(H,26,29)/t19-/m0/s1. The van der Waals surface area contributed by atoms with Crippen LogP contribution in [0.25, 0.3) is 0 Å². The Morgan fingerprint density at radius 1 is 1.07 bits per heavy atom. The van der Waals surface area contributed by atoms with E-state index in [4.69, 9.17) is 16.3 Å². The van der Waals surface area contributed by atoms with Crippen LogP contribution in [0.1, 0.15) is 37.5 Å². The van der Waals surface area contributed by atoms with Crippen molar-refractivity contribution in [3.8, 4) is 5.75 Å². The molecule has 0 saturated heterocycles. The second-order valence-corrected chi connectivity index (χ2v) is 8.46. The maximum Gasteiger partial charge on any atom is 0.261 e. The quantitative estimate of drug-likeness (QED) is 0.636. The predicted octanol–water partition coefficient (Wildman–Crippen LogP) is 4.53. The average Bonchev–Trinajstić information content (AvgIpc) is 2.70. The van der Waals surface area contributed by atoms with Gasteiger partial charge in [-0.1, -0.05) is 55.3 Å². The number of benzene rings is 2. The Labute approximate surface area is 184 Å². The van der Waals surface area contributed by atoms with E-state index in [1.54, 1.807) is 24.0 Å². The van der Waals surface area contributed by atoms with Gasteiger partial charge in [-0.25, -0.2) is 0 Å². The van der Waals surface area contributed by atoms with Crippen LogP contribution in [-0.4, -0.2) is 35.9 Å². The summed E-state index contributed by atoms with van der Waals surface area (Å²) < 4.78 is 5.78. The summed E-state index contributed by atoms with van der Waals surface area (Å²) in [6.45, 7) is 10.5. The Hall–Kier alpha value is -2.53. The molecule has 2 aromatic rings. The van der Waals surface area contributed by atoms with E-state index in [1.165, 1.54) is 0 Å². The van der Waals surface area contributed by atoms with Crippen LogP contribution in [0, 0.1) is 19.8 Å². The molecule has 0 fully saturated rings. The third-order valence-corrected chi connectivity index (χ3v) is 5.05. The largest absolute Gasteiger partial charge is 0.483 e. The van der Waals surface area contributed by atoms with Gasteiger partial charge in [-0.2, -0.15) is 0 Å². The summed E-state index contributed by atoms with van der Waals surface area (Å²) in [7, 11) is 0. The highest BCUT2D eigenvalue weighted by molar-refractivity contribution is 6.30. The predicted molar refractivity (Wildman–Crippen MR) is 121 cm³/mol. The fraction of sp³-hybridized carbons (Fsp3) is 0.417. The smallest absolute Gasteiger partial charge is 0.261 e. The Balaban J connectivity index is 2.14. The van der Waals surface area contributed by atoms with Gasteiger partial charge in [0.15, 0.2) is 6.61 Å². The van der Waals surface area contributed by atoms with Crippen molar-refractivity contribution in [3.05, 3.63) is 64.2 Å². The summed E-state index contributed by atoms with van der Waals surface area (Å²) in [5, 5.41) is 3.53. The lowest BCUT2D eigenvalue weighted by atomic mass is 10.1. The zero-order valence-electron chi connectivity index (χ0n) is 18.4. The zero-order valence-corrected chi connectivity index (χ0v) is 19.1. The molecular formula is C24H31ClN2O3. The van der Waals surface area contributed by atoms with Crippen LogP contribution in [0.3, 0.4) is 0 Å². The van der Waals surface area contributed by atoms with Crippen LogP contribution in [0.15, 0.2) is 42.5 Å². The maximum absolute atomic E-state index is 13.0. The Bertz CT molecular complexity index is 865. The molecule has 6 heteroatoms. The number of nitrogens with zero attached hydrogens (tertiary/aromatic N) is 1. The minimum atomic E-state index is -0.630. The van der Waals surface area contributed by atoms with Crippen LogP contribution in [-0.2, 0) is 16.1 Å². The first kappa shape index (κ1) is 23.7. The van der Waals surface area contributed by atoms with Gasteiger partial charge in [-0.15, -0.1) is 0 Å². The summed E-state index contributed by atoms with van der Waals surface area (Å²) in [5.74, 6) is 0.557. The summed E-state index contributed by atoms with van der Waals surface area (Å²) in [6.07, 6.45) is 0. The SMILES string of the molecule is Cc1ccc(OCC(=O)N(Cc2ccc(Cl)cc2)[C@@H](C)C(=O)NCC(C)C)c(C)c1. The van der Waals surface area contributed by atoms with Crippen LogP contribution >= 0.6 is 11.6 Å². The van der Waals surface area contributed by atoms with Crippen LogP contribution in [0.2, 0.25) is 5.02 Å². The number of halogens is 1. The van der Waals surface area contributed by atoms with Crippen LogP contribution in [0.4, 0.5) is 0 Å². The number of ether oxygens (including phenoxy) is 1. The van der Waals surface area contributed by atoms with Crippen molar-refractivity contribution < 1.29 is 14.3 Å². The number of hydrogen-bond donors (Lipinski definition) is 1. The molecule has 0 spiro atoms. The monoisotopic (exact) mass is 430 g/mol. The third kappa shape index (κ3) is 7.06. The van der Waals surface area contributed by atoms with Gasteiger partial charge in [0.1, 0.15) is 11.8 Å². The van der Waals surface area contributed by atoms with Gasteiger partial charge in [0, 0.05) is 18.1 Å². The van der Waals surface area contributed by atoms with Crippen molar-refractivity contribution in [2.45, 2.75) is 47.2 Å². The zero-order chi connectivity index (χ0) is 22.3. The second-order valence-electron chi connectivity index (χ2n) is 8.02. The first-order chi connectivity index (χ1) is 14.2. The molecule has 5 nitrogen and oxygen atoms in total. The highest BCUT2D eigenvalue weighted by Crippen LogP contribution is 2.19. The van der Waals surface area contributed by atoms with E-state index in [2.05, 4.69) is 5.32 Å². The summed E-state index contributed by atoms with van der Waals surface area (Å²) in [6, 6.07) is 12.4. The Morgan fingerprint density at radius 2 is 1.73 bits per heavy atom. The lowest BCUT2D eigenvalue weighted by molar-refractivity contribution is -0.142. The maximum atomic E-state index is 13.0. The number of hydrogen-bond acceptors (Lipinski definition) is 3. The van der Waals surface area contributed by atoms with Gasteiger partial charge >= 0.3 is 0 Å². The lowest BCUT2D eigenvalue weighted by Crippen LogP contribution is -2.49. The van der Waals surface area contributed by atoms with Crippen molar-refractivity contribution in [2.24, 2.45) is 5.92 Å². The fourth-order valence-corrected chi connectivity index (χ4v) is 3.13. The van der Waals surface area contributed by atoms with E-state index in [1.807, 2.05) is 58.0 Å². The van der Waals surface area contributed by atoms with Crippen molar-refractivity contribution in [2.75, 3.05) is 13.2 Å². The molecule has 0 aliphatic rings. The summed E-state index contributed by atoms with van der Waals surface area (Å²) >= 11 is 5.97. The van der Waals surface area contributed by atoms with Crippen molar-refractivity contribution >= 4 is 23.4 Å². The van der Waals surface area contributed by atoms with E-state index < -0.39 is 6.04 Å². The highest BCUT2D eigenvalue weighted by Gasteiger charge is 2.26. The first-order valence-electron chi connectivity index (χ1n) is 10.2. The molecule has 0 heterocycles. The number of carbonyl (C=O) groups is 2. The molecule has 0 aromatic heterocycles. The van der Waals surface area contributed by atoms with E-state index in [-0.39, 0.29) is 18.4 Å². The molecule has 30 heavy (non-hydrogen) atoms. The molecule has 0 aliphatic heterocycles. The second kappa shape index (κ2) is 11.0. The molecule has 0 aliphatic carbocycles. The number of aryl methyl sites for hydroxylation is 2.